The van der Waals surface area contributed by atoms with Gasteiger partial charge in [0.25, 0.3) is 0 Å². The fourth-order valence-electron chi connectivity index (χ4n) is 3.99. The summed E-state index contributed by atoms with van der Waals surface area (Å²) in [6, 6.07) is 5.36. The van der Waals surface area contributed by atoms with Gasteiger partial charge in [0, 0.05) is 31.2 Å². The predicted octanol–water partition coefficient (Wildman–Crippen LogP) is 1.79. The van der Waals surface area contributed by atoms with E-state index in [0.717, 1.165) is 18.4 Å². The van der Waals surface area contributed by atoms with Crippen LogP contribution in [-0.4, -0.2) is 58.7 Å². The number of nitrogens with one attached hydrogen (secondary N) is 1. The normalized spacial score (nSPS) is 19.0. The number of fused-ring (bicyclic) bond motifs is 1. The zero-order valence-electron chi connectivity index (χ0n) is 16.9. The number of carbonyl (C=O) groups is 1. The van der Waals surface area contributed by atoms with Crippen molar-refractivity contribution < 1.29 is 21.6 Å². The zero-order valence-corrected chi connectivity index (χ0v) is 18.6. The average Bonchev–Trinajstić information content (AvgIpc) is 2.66. The summed E-state index contributed by atoms with van der Waals surface area (Å²) in [5.41, 5.74) is 2.26. The van der Waals surface area contributed by atoms with Crippen LogP contribution in [0.3, 0.4) is 0 Å². The fourth-order valence-corrected chi connectivity index (χ4v) is 6.49. The zero-order chi connectivity index (χ0) is 21.2. The summed E-state index contributed by atoms with van der Waals surface area (Å²) < 4.78 is 51.2. The Kier molecular flexibility index (Phi) is 6.54. The molecule has 0 saturated carbocycles. The SMILES string of the molecule is CCCS(=O)(=O)N1CCCc2cc(NC(=O)C3CCN(S(C)(=O)=O)CC3)ccc21. The highest BCUT2D eigenvalue weighted by Crippen LogP contribution is 2.32. The molecule has 2 heterocycles. The first-order valence-electron chi connectivity index (χ1n) is 10.0. The smallest absolute Gasteiger partial charge is 0.235 e. The van der Waals surface area contributed by atoms with E-state index in [1.165, 1.54) is 14.9 Å². The van der Waals surface area contributed by atoms with Gasteiger partial charge in [-0.2, -0.15) is 0 Å². The Labute approximate surface area is 173 Å². The van der Waals surface area contributed by atoms with Crippen LogP contribution >= 0.6 is 0 Å². The second-order valence-corrected chi connectivity index (χ2v) is 11.8. The van der Waals surface area contributed by atoms with Gasteiger partial charge in [0.2, 0.25) is 26.0 Å². The van der Waals surface area contributed by atoms with Crippen molar-refractivity contribution in [2.24, 2.45) is 5.92 Å². The molecule has 0 aromatic heterocycles. The van der Waals surface area contributed by atoms with Gasteiger partial charge in [-0.15, -0.1) is 0 Å². The van der Waals surface area contributed by atoms with Crippen LogP contribution in [0.25, 0.3) is 0 Å². The van der Waals surface area contributed by atoms with E-state index in [1.54, 1.807) is 12.1 Å². The third-order valence-corrected chi connectivity index (χ3v) is 8.79. The molecule has 0 bridgehead atoms. The number of rotatable bonds is 6. The molecule has 0 atom stereocenters. The third-order valence-electron chi connectivity index (χ3n) is 5.51. The highest BCUT2D eigenvalue weighted by Gasteiger charge is 2.30. The minimum Gasteiger partial charge on any atom is -0.326 e. The van der Waals surface area contributed by atoms with Crippen molar-refractivity contribution in [3.8, 4) is 0 Å². The standard InChI is InChI=1S/C19H29N3O5S2/c1-3-13-29(26,27)22-10-4-5-16-14-17(6-7-18(16)22)20-19(23)15-8-11-21(12-9-15)28(2,24)25/h6-7,14-15H,3-5,8-13H2,1-2H3,(H,20,23). The van der Waals surface area contributed by atoms with Crippen molar-refractivity contribution in [3.63, 3.8) is 0 Å². The Bertz CT molecular complexity index is 968. The molecule has 2 aliphatic heterocycles. The number of sulfonamides is 2. The topological polar surface area (TPSA) is 104 Å². The van der Waals surface area contributed by atoms with Gasteiger partial charge >= 0.3 is 0 Å². The number of benzene rings is 1. The van der Waals surface area contributed by atoms with Crippen LogP contribution in [0.1, 0.15) is 38.2 Å². The molecule has 3 rings (SSSR count). The molecule has 1 amide bonds. The van der Waals surface area contributed by atoms with E-state index >= 15 is 0 Å². The van der Waals surface area contributed by atoms with Gasteiger partial charge in [-0.3, -0.25) is 9.10 Å². The van der Waals surface area contributed by atoms with E-state index in [9.17, 15) is 21.6 Å². The van der Waals surface area contributed by atoms with Gasteiger partial charge < -0.3 is 5.32 Å². The third kappa shape index (κ3) is 5.10. The van der Waals surface area contributed by atoms with Crippen LogP contribution in [0.5, 0.6) is 0 Å². The molecule has 0 radical (unpaired) electrons. The maximum atomic E-state index is 12.6. The van der Waals surface area contributed by atoms with Crippen molar-refractivity contribution in [3.05, 3.63) is 23.8 Å². The van der Waals surface area contributed by atoms with Crippen LogP contribution in [0.4, 0.5) is 11.4 Å². The molecule has 1 aromatic rings. The lowest BCUT2D eigenvalue weighted by atomic mass is 9.97. The monoisotopic (exact) mass is 443 g/mol. The van der Waals surface area contributed by atoms with Crippen LogP contribution in [0.15, 0.2) is 18.2 Å². The van der Waals surface area contributed by atoms with Gasteiger partial charge in [-0.25, -0.2) is 21.1 Å². The van der Waals surface area contributed by atoms with Gasteiger partial charge in [0.05, 0.1) is 17.7 Å². The van der Waals surface area contributed by atoms with Crippen molar-refractivity contribution >= 4 is 37.3 Å². The quantitative estimate of drug-likeness (QED) is 0.722. The Morgan fingerprint density at radius 3 is 2.45 bits per heavy atom. The minimum atomic E-state index is -3.32. The first kappa shape index (κ1) is 22.0. The Balaban J connectivity index is 1.68. The molecule has 162 valence electrons. The maximum Gasteiger partial charge on any atom is 0.235 e. The minimum absolute atomic E-state index is 0.121. The average molecular weight is 444 g/mol. The first-order valence-corrected chi connectivity index (χ1v) is 13.5. The Morgan fingerprint density at radius 1 is 1.14 bits per heavy atom. The lowest BCUT2D eigenvalue weighted by molar-refractivity contribution is -0.120. The summed E-state index contributed by atoms with van der Waals surface area (Å²) in [5.74, 6) is -0.230. The van der Waals surface area contributed by atoms with E-state index in [-0.39, 0.29) is 17.6 Å². The Morgan fingerprint density at radius 2 is 1.83 bits per heavy atom. The highest BCUT2D eigenvalue weighted by atomic mass is 32.2. The number of nitrogens with zero attached hydrogens (tertiary/aromatic N) is 2. The largest absolute Gasteiger partial charge is 0.326 e. The molecular formula is C19H29N3O5S2. The highest BCUT2D eigenvalue weighted by molar-refractivity contribution is 7.92. The summed E-state index contributed by atoms with van der Waals surface area (Å²) in [4.78, 5) is 12.6. The van der Waals surface area contributed by atoms with Crippen molar-refractivity contribution in [2.45, 2.75) is 39.0 Å². The number of carbonyl (C=O) groups excluding carboxylic acids is 1. The number of piperidine rings is 1. The molecule has 1 aromatic carbocycles. The Hall–Kier alpha value is -1.65. The molecule has 0 unspecified atom stereocenters. The molecule has 1 N–H and O–H groups in total. The summed E-state index contributed by atoms with van der Waals surface area (Å²) in [6.07, 6.45) is 4.26. The number of hydrogen-bond donors (Lipinski definition) is 1. The molecule has 0 aliphatic carbocycles. The maximum absolute atomic E-state index is 12.6. The number of anilines is 2. The lowest BCUT2D eigenvalue weighted by Crippen LogP contribution is -2.41. The number of hydrogen-bond acceptors (Lipinski definition) is 5. The van der Waals surface area contributed by atoms with E-state index in [0.29, 0.717) is 50.3 Å². The molecule has 1 fully saturated rings. The van der Waals surface area contributed by atoms with Gasteiger partial charge in [0.1, 0.15) is 0 Å². The van der Waals surface area contributed by atoms with E-state index in [4.69, 9.17) is 0 Å². The van der Waals surface area contributed by atoms with Crippen molar-refractivity contribution in [1.82, 2.24) is 4.31 Å². The van der Waals surface area contributed by atoms with Crippen LogP contribution < -0.4 is 9.62 Å². The second kappa shape index (κ2) is 8.61. The summed E-state index contributed by atoms with van der Waals surface area (Å²) in [6.45, 7) is 3.04. The van der Waals surface area contributed by atoms with E-state index < -0.39 is 20.0 Å². The van der Waals surface area contributed by atoms with Crippen LogP contribution in [0.2, 0.25) is 0 Å². The van der Waals surface area contributed by atoms with Crippen molar-refractivity contribution in [1.29, 1.82) is 0 Å². The van der Waals surface area contributed by atoms with Crippen molar-refractivity contribution in [2.75, 3.05) is 41.3 Å². The van der Waals surface area contributed by atoms with E-state index in [1.807, 2.05) is 13.0 Å². The fraction of sp³-hybridized carbons (Fsp3) is 0.632. The van der Waals surface area contributed by atoms with Gasteiger partial charge in [-0.05, 0) is 55.9 Å². The predicted molar refractivity (Wildman–Crippen MR) is 114 cm³/mol. The summed E-state index contributed by atoms with van der Waals surface area (Å²) in [5, 5.41) is 2.92. The molecular weight excluding hydrogens is 414 g/mol. The second-order valence-electron chi connectivity index (χ2n) is 7.76. The molecule has 10 heteroatoms. The molecule has 2 aliphatic rings. The number of aryl methyl sites for hydroxylation is 1. The summed E-state index contributed by atoms with van der Waals surface area (Å²) in [7, 11) is -6.54. The summed E-state index contributed by atoms with van der Waals surface area (Å²) >= 11 is 0. The molecule has 0 spiro atoms. The molecule has 8 nitrogen and oxygen atoms in total. The first-order chi connectivity index (χ1) is 13.6. The molecule has 29 heavy (non-hydrogen) atoms. The van der Waals surface area contributed by atoms with Gasteiger partial charge in [0.15, 0.2) is 0 Å². The number of amides is 1. The van der Waals surface area contributed by atoms with E-state index in [2.05, 4.69) is 5.32 Å². The van der Waals surface area contributed by atoms with Crippen LogP contribution in [-0.2, 0) is 31.3 Å². The molecule has 1 saturated heterocycles. The van der Waals surface area contributed by atoms with Gasteiger partial charge in [-0.1, -0.05) is 6.92 Å². The lowest BCUT2D eigenvalue weighted by Gasteiger charge is -2.31. The van der Waals surface area contributed by atoms with Crippen LogP contribution in [0, 0.1) is 5.92 Å².